The topological polar surface area (TPSA) is 29.5 Å². The molecule has 0 aliphatic heterocycles. The van der Waals surface area contributed by atoms with E-state index in [0.717, 1.165) is 11.3 Å². The molecule has 106 valence electrons. The zero-order valence-electron chi connectivity index (χ0n) is 11.3. The molecule has 0 radical (unpaired) electrons. The number of benzene rings is 2. The average Bonchev–Trinajstić information content (AvgIpc) is 2.41. The summed E-state index contributed by atoms with van der Waals surface area (Å²) in [6.07, 6.45) is -0.682. The number of aliphatic hydroxyl groups excluding tert-OH is 1. The second-order valence-corrected chi connectivity index (χ2v) is 5.67. The van der Waals surface area contributed by atoms with Crippen LogP contribution in [0.3, 0.4) is 0 Å². The average molecular weight is 339 g/mol. The Bertz CT molecular complexity index is 582. The highest BCUT2D eigenvalue weighted by atomic mass is 79.9. The van der Waals surface area contributed by atoms with Crippen LogP contribution < -0.4 is 4.74 Å². The third kappa shape index (κ3) is 3.58. The minimum absolute atomic E-state index is 0.110. The molecule has 1 atom stereocenters. The second-order valence-electron chi connectivity index (χ2n) is 4.81. The quantitative estimate of drug-likeness (QED) is 0.891. The van der Waals surface area contributed by atoms with Gasteiger partial charge in [-0.2, -0.15) is 0 Å². The lowest BCUT2D eigenvalue weighted by Gasteiger charge is -2.14. The van der Waals surface area contributed by atoms with E-state index in [2.05, 4.69) is 15.9 Å². The number of halogens is 2. The highest BCUT2D eigenvalue weighted by Gasteiger charge is 2.12. The van der Waals surface area contributed by atoms with Gasteiger partial charge in [0.1, 0.15) is 17.7 Å². The number of ether oxygens (including phenoxy) is 1. The lowest BCUT2D eigenvalue weighted by Crippen LogP contribution is -2.06. The van der Waals surface area contributed by atoms with Crippen LogP contribution >= 0.6 is 15.9 Å². The van der Waals surface area contributed by atoms with Gasteiger partial charge in [-0.15, -0.1) is 0 Å². The summed E-state index contributed by atoms with van der Waals surface area (Å²) >= 11 is 3.12. The Morgan fingerprint density at radius 3 is 2.20 bits per heavy atom. The van der Waals surface area contributed by atoms with Gasteiger partial charge in [-0.05, 0) is 65.2 Å². The van der Waals surface area contributed by atoms with Crippen molar-refractivity contribution in [3.8, 4) is 5.75 Å². The van der Waals surface area contributed by atoms with E-state index in [1.165, 1.54) is 6.07 Å². The zero-order valence-corrected chi connectivity index (χ0v) is 12.9. The van der Waals surface area contributed by atoms with Gasteiger partial charge in [0.05, 0.1) is 10.6 Å². The molecule has 0 bridgehead atoms. The van der Waals surface area contributed by atoms with Gasteiger partial charge in [-0.1, -0.05) is 18.2 Å². The van der Waals surface area contributed by atoms with Crippen molar-refractivity contribution < 1.29 is 14.2 Å². The summed E-state index contributed by atoms with van der Waals surface area (Å²) in [6, 6.07) is 11.7. The largest absolute Gasteiger partial charge is 0.491 e. The Hall–Kier alpha value is -1.39. The molecular weight excluding hydrogens is 323 g/mol. The van der Waals surface area contributed by atoms with E-state index in [1.54, 1.807) is 24.3 Å². The summed E-state index contributed by atoms with van der Waals surface area (Å²) in [5.74, 6) is 0.415. The summed E-state index contributed by atoms with van der Waals surface area (Å²) < 4.78 is 19.1. The molecule has 1 unspecified atom stereocenters. The van der Waals surface area contributed by atoms with Crippen molar-refractivity contribution in [3.63, 3.8) is 0 Å². The van der Waals surface area contributed by atoms with Gasteiger partial charge in [0.25, 0.3) is 0 Å². The fourth-order valence-corrected chi connectivity index (χ4v) is 2.27. The summed E-state index contributed by atoms with van der Waals surface area (Å²) in [4.78, 5) is 0. The van der Waals surface area contributed by atoms with Gasteiger partial charge in [0.15, 0.2) is 0 Å². The summed E-state index contributed by atoms with van der Waals surface area (Å²) in [5, 5.41) is 10.3. The van der Waals surface area contributed by atoms with Gasteiger partial charge in [0, 0.05) is 0 Å². The predicted octanol–water partition coefficient (Wildman–Crippen LogP) is 4.46. The van der Waals surface area contributed by atoms with Crippen molar-refractivity contribution in [2.45, 2.75) is 26.1 Å². The normalized spacial score (nSPS) is 12.5. The van der Waals surface area contributed by atoms with Gasteiger partial charge in [-0.25, -0.2) is 4.39 Å². The van der Waals surface area contributed by atoms with Crippen molar-refractivity contribution >= 4 is 15.9 Å². The molecule has 0 spiro atoms. The van der Waals surface area contributed by atoms with Gasteiger partial charge >= 0.3 is 0 Å². The molecule has 0 aliphatic rings. The minimum atomic E-state index is -0.792. The fraction of sp³-hybridized carbons (Fsp3) is 0.250. The highest BCUT2D eigenvalue weighted by Crippen LogP contribution is 2.27. The molecule has 0 saturated heterocycles. The predicted molar refractivity (Wildman–Crippen MR) is 80.4 cm³/mol. The highest BCUT2D eigenvalue weighted by molar-refractivity contribution is 9.10. The van der Waals surface area contributed by atoms with Crippen molar-refractivity contribution in [1.29, 1.82) is 0 Å². The lowest BCUT2D eigenvalue weighted by atomic mass is 10.0. The van der Waals surface area contributed by atoms with Crippen molar-refractivity contribution in [2.24, 2.45) is 0 Å². The van der Waals surface area contributed by atoms with E-state index >= 15 is 0 Å². The molecule has 20 heavy (non-hydrogen) atoms. The molecule has 2 rings (SSSR count). The molecule has 2 nitrogen and oxygen atoms in total. The van der Waals surface area contributed by atoms with Crippen LogP contribution in [0.15, 0.2) is 46.9 Å². The maximum absolute atomic E-state index is 13.2. The van der Waals surface area contributed by atoms with Gasteiger partial charge < -0.3 is 9.84 Å². The van der Waals surface area contributed by atoms with E-state index in [4.69, 9.17) is 4.74 Å². The molecular formula is C16H16BrFO2. The Balaban J connectivity index is 2.20. The van der Waals surface area contributed by atoms with Crippen LogP contribution in [0.5, 0.6) is 5.75 Å². The van der Waals surface area contributed by atoms with Crippen LogP contribution in [-0.2, 0) is 0 Å². The van der Waals surface area contributed by atoms with Crippen LogP contribution in [0, 0.1) is 5.82 Å². The zero-order chi connectivity index (χ0) is 14.7. The minimum Gasteiger partial charge on any atom is -0.491 e. The van der Waals surface area contributed by atoms with E-state index in [9.17, 15) is 9.50 Å². The molecule has 0 fully saturated rings. The number of hydrogen-bond acceptors (Lipinski definition) is 2. The smallest absolute Gasteiger partial charge is 0.137 e. The first-order valence-corrected chi connectivity index (χ1v) is 7.16. The van der Waals surface area contributed by atoms with Crippen LogP contribution in [0.25, 0.3) is 0 Å². The van der Waals surface area contributed by atoms with Crippen LogP contribution in [0.4, 0.5) is 4.39 Å². The van der Waals surface area contributed by atoms with Gasteiger partial charge in [0.2, 0.25) is 0 Å². The number of hydrogen-bond donors (Lipinski definition) is 1. The van der Waals surface area contributed by atoms with Crippen molar-refractivity contribution in [3.05, 3.63) is 63.9 Å². The van der Waals surface area contributed by atoms with Crippen LogP contribution in [0.1, 0.15) is 31.1 Å². The molecule has 2 aromatic rings. The van der Waals surface area contributed by atoms with E-state index in [-0.39, 0.29) is 11.9 Å². The van der Waals surface area contributed by atoms with E-state index in [0.29, 0.717) is 10.0 Å². The molecule has 0 aromatic heterocycles. The van der Waals surface area contributed by atoms with Crippen LogP contribution in [0.2, 0.25) is 0 Å². The monoisotopic (exact) mass is 338 g/mol. The first kappa shape index (κ1) is 15.0. The molecule has 0 aliphatic carbocycles. The summed E-state index contributed by atoms with van der Waals surface area (Å²) in [6.45, 7) is 3.91. The molecule has 2 aromatic carbocycles. The molecule has 1 N–H and O–H groups in total. The number of aliphatic hydroxyl groups is 1. The molecule has 0 heterocycles. The van der Waals surface area contributed by atoms with E-state index in [1.807, 2.05) is 26.0 Å². The Morgan fingerprint density at radius 2 is 1.65 bits per heavy atom. The molecule has 4 heteroatoms. The van der Waals surface area contributed by atoms with Crippen LogP contribution in [-0.4, -0.2) is 11.2 Å². The number of rotatable bonds is 4. The standard InChI is InChI=1S/C16H16BrFO2/c1-10(2)20-13-6-3-11(4-7-13)16(19)12-5-8-15(18)14(17)9-12/h3-10,16,19H,1-2H3. The second kappa shape index (κ2) is 6.37. The van der Waals surface area contributed by atoms with E-state index < -0.39 is 6.10 Å². The maximum atomic E-state index is 13.2. The molecule has 0 amide bonds. The van der Waals surface area contributed by atoms with Gasteiger partial charge in [-0.3, -0.25) is 0 Å². The lowest BCUT2D eigenvalue weighted by molar-refractivity contribution is 0.219. The summed E-state index contributed by atoms with van der Waals surface area (Å²) in [5.41, 5.74) is 1.37. The Labute approximate surface area is 126 Å². The maximum Gasteiger partial charge on any atom is 0.137 e. The Morgan fingerprint density at radius 1 is 1.05 bits per heavy atom. The SMILES string of the molecule is CC(C)Oc1ccc(C(O)c2ccc(F)c(Br)c2)cc1. The fourth-order valence-electron chi connectivity index (χ4n) is 1.88. The molecule has 0 saturated carbocycles. The summed E-state index contributed by atoms with van der Waals surface area (Å²) in [7, 11) is 0. The van der Waals surface area contributed by atoms with Crippen molar-refractivity contribution in [2.75, 3.05) is 0 Å². The Kier molecular flexibility index (Phi) is 4.78. The third-order valence-electron chi connectivity index (χ3n) is 2.83. The first-order chi connectivity index (χ1) is 9.47. The third-order valence-corrected chi connectivity index (χ3v) is 3.43. The van der Waals surface area contributed by atoms with Crippen molar-refractivity contribution in [1.82, 2.24) is 0 Å². The first-order valence-electron chi connectivity index (χ1n) is 6.37.